The Hall–Kier alpha value is -2.01. The van der Waals surface area contributed by atoms with Gasteiger partial charge in [-0.05, 0) is 35.7 Å². The van der Waals surface area contributed by atoms with Crippen LogP contribution in [0, 0.1) is 0 Å². The molecule has 0 aliphatic carbocycles. The number of rotatable bonds is 10. The Morgan fingerprint density at radius 1 is 1.30 bits per heavy atom. The second kappa shape index (κ2) is 11.7. The number of amides is 1. The average Bonchev–Trinajstić information content (AvgIpc) is 3.07. The molecule has 1 unspecified atom stereocenters. The third-order valence-electron chi connectivity index (χ3n) is 4.09. The predicted octanol–water partition coefficient (Wildman–Crippen LogP) is 0.615. The van der Waals surface area contributed by atoms with E-state index < -0.39 is 13.2 Å². The smallest absolute Gasteiger partial charge is 0.427 e. The van der Waals surface area contributed by atoms with Crippen molar-refractivity contribution in [3.8, 4) is 0 Å². The zero-order chi connectivity index (χ0) is 18.9. The molecule has 0 saturated carbocycles. The number of benzene rings is 1. The highest BCUT2D eigenvalue weighted by molar-refractivity contribution is 6.40. The summed E-state index contributed by atoms with van der Waals surface area (Å²) >= 11 is 0. The monoisotopic (exact) mass is 396 g/mol. The maximum atomic E-state index is 12.3. The van der Waals surface area contributed by atoms with Crippen LogP contribution in [0.25, 0.3) is 0 Å². The predicted molar refractivity (Wildman–Crippen MR) is 104 cm³/mol. The number of halogens is 1. The van der Waals surface area contributed by atoms with E-state index in [1.54, 1.807) is 0 Å². The highest BCUT2D eigenvalue weighted by Crippen LogP contribution is 2.15. The molecule has 11 heteroatoms. The summed E-state index contributed by atoms with van der Waals surface area (Å²) in [7, 11) is -1.30. The second-order valence-corrected chi connectivity index (χ2v) is 6.27. The summed E-state index contributed by atoms with van der Waals surface area (Å²) in [5, 5.41) is 32.0. The molecule has 0 bridgehead atoms. The number of hydrogen-bond donors (Lipinski definition) is 4. The Balaban J connectivity index is 0.00000364. The fourth-order valence-corrected chi connectivity index (χ4v) is 2.66. The fourth-order valence-electron chi connectivity index (χ4n) is 2.66. The Morgan fingerprint density at radius 3 is 2.67 bits per heavy atom. The number of unbranched alkanes of at least 4 members (excludes halogenated alkanes) is 1. The molecule has 0 aliphatic rings. The van der Waals surface area contributed by atoms with Gasteiger partial charge in [0.05, 0.1) is 12.1 Å². The molecule has 2 atom stereocenters. The minimum Gasteiger partial charge on any atom is -0.427 e. The van der Waals surface area contributed by atoms with Crippen LogP contribution in [0.3, 0.4) is 0 Å². The molecule has 2 aromatic rings. The van der Waals surface area contributed by atoms with Gasteiger partial charge in [0.2, 0.25) is 5.91 Å². The van der Waals surface area contributed by atoms with Crippen molar-refractivity contribution in [1.82, 2.24) is 25.5 Å². The molecule has 2 rings (SSSR count). The summed E-state index contributed by atoms with van der Waals surface area (Å²) < 4.78 is 1.40. The van der Waals surface area contributed by atoms with Crippen molar-refractivity contribution in [2.45, 2.75) is 51.1 Å². The molecule has 1 aromatic carbocycles. The maximum absolute atomic E-state index is 12.3. The van der Waals surface area contributed by atoms with E-state index in [0.717, 1.165) is 5.56 Å². The van der Waals surface area contributed by atoms with Gasteiger partial charge in [-0.1, -0.05) is 43.2 Å². The van der Waals surface area contributed by atoms with Gasteiger partial charge < -0.3 is 21.1 Å². The zero-order valence-corrected chi connectivity index (χ0v) is 16.0. The van der Waals surface area contributed by atoms with E-state index in [1.807, 2.05) is 37.3 Å². The number of carbonyl (C=O) groups excluding carboxylic acids is 1. The van der Waals surface area contributed by atoms with Gasteiger partial charge >= 0.3 is 7.12 Å². The summed E-state index contributed by atoms with van der Waals surface area (Å²) in [6.07, 6.45) is 2.25. The van der Waals surface area contributed by atoms with Crippen LogP contribution in [0.4, 0.5) is 0 Å². The van der Waals surface area contributed by atoms with Crippen molar-refractivity contribution in [2.24, 2.45) is 5.73 Å². The largest absolute Gasteiger partial charge is 0.451 e. The number of nitrogens with one attached hydrogen (secondary N) is 1. The molecule has 0 spiro atoms. The van der Waals surface area contributed by atoms with Crippen molar-refractivity contribution in [3.05, 3.63) is 41.7 Å². The van der Waals surface area contributed by atoms with Gasteiger partial charge in [0.25, 0.3) is 0 Å². The highest BCUT2D eigenvalue weighted by Gasteiger charge is 2.18. The first kappa shape index (κ1) is 23.0. The summed E-state index contributed by atoms with van der Waals surface area (Å²) in [6.45, 7) is 1.90. The standard InChI is InChI=1S/C16H25BN6O3.ClH/c1-12(13-7-3-2-4-8-13)19-15(24)11-23-16(20-21-22-23)14(18)9-5-6-10-17(25)26;/h2-4,7-8,12,14,25-26H,5-6,9-11,18H2,1H3,(H,19,24);1H/t12-,14?;/m1./s1. The van der Waals surface area contributed by atoms with Gasteiger partial charge in [0.1, 0.15) is 6.54 Å². The molecule has 1 aromatic heterocycles. The number of tetrazole rings is 1. The van der Waals surface area contributed by atoms with Crippen molar-refractivity contribution < 1.29 is 14.8 Å². The van der Waals surface area contributed by atoms with Gasteiger partial charge in [0, 0.05) is 0 Å². The Morgan fingerprint density at radius 2 is 2.00 bits per heavy atom. The van der Waals surface area contributed by atoms with Gasteiger partial charge in [0.15, 0.2) is 5.82 Å². The quantitative estimate of drug-likeness (QED) is 0.341. The van der Waals surface area contributed by atoms with Gasteiger partial charge in [-0.15, -0.1) is 17.5 Å². The van der Waals surface area contributed by atoms with Crippen LogP contribution in [-0.2, 0) is 11.3 Å². The second-order valence-electron chi connectivity index (χ2n) is 6.27. The minimum atomic E-state index is -1.30. The molecule has 1 amide bonds. The topological polar surface area (TPSA) is 139 Å². The van der Waals surface area contributed by atoms with E-state index >= 15 is 0 Å². The number of hydrogen-bond acceptors (Lipinski definition) is 7. The molecule has 0 aliphatic heterocycles. The van der Waals surface area contributed by atoms with Crippen LogP contribution in [0.1, 0.15) is 49.7 Å². The Labute approximate surface area is 164 Å². The zero-order valence-electron chi connectivity index (χ0n) is 15.2. The first-order valence-electron chi connectivity index (χ1n) is 8.69. The van der Waals surface area contributed by atoms with Crippen molar-refractivity contribution in [3.63, 3.8) is 0 Å². The van der Waals surface area contributed by atoms with Crippen LogP contribution in [0.5, 0.6) is 0 Å². The summed E-state index contributed by atoms with van der Waals surface area (Å²) in [5.41, 5.74) is 7.12. The van der Waals surface area contributed by atoms with Crippen molar-refractivity contribution in [2.75, 3.05) is 0 Å². The van der Waals surface area contributed by atoms with Crippen molar-refractivity contribution in [1.29, 1.82) is 0 Å². The molecule has 0 radical (unpaired) electrons. The summed E-state index contributed by atoms with van der Waals surface area (Å²) in [6, 6.07) is 9.13. The van der Waals surface area contributed by atoms with E-state index in [9.17, 15) is 4.79 Å². The van der Waals surface area contributed by atoms with E-state index in [-0.39, 0.29) is 30.9 Å². The molecule has 5 N–H and O–H groups in total. The lowest BCUT2D eigenvalue weighted by molar-refractivity contribution is -0.122. The van der Waals surface area contributed by atoms with Gasteiger partial charge in [-0.2, -0.15) is 0 Å². The fraction of sp³-hybridized carbons (Fsp3) is 0.500. The number of nitrogens with two attached hydrogens (primary N) is 1. The molecule has 27 heavy (non-hydrogen) atoms. The van der Waals surface area contributed by atoms with E-state index in [1.165, 1.54) is 4.68 Å². The molecule has 148 valence electrons. The number of nitrogens with zero attached hydrogens (tertiary/aromatic N) is 4. The molecule has 0 fully saturated rings. The lowest BCUT2D eigenvalue weighted by Crippen LogP contribution is -2.31. The summed E-state index contributed by atoms with van der Waals surface area (Å²) in [4.78, 5) is 12.3. The first-order chi connectivity index (χ1) is 12.5. The van der Waals surface area contributed by atoms with Crippen LogP contribution in [0.2, 0.25) is 6.32 Å². The molecule has 1 heterocycles. The van der Waals surface area contributed by atoms with Gasteiger partial charge in [-0.25, -0.2) is 4.68 Å². The van der Waals surface area contributed by atoms with E-state index in [2.05, 4.69) is 20.8 Å². The normalized spacial score (nSPS) is 12.7. The SMILES string of the molecule is C[C@@H](NC(=O)Cn1nnnc1C(N)CCCCB(O)O)c1ccccc1.Cl. The number of aromatic nitrogens is 4. The lowest BCUT2D eigenvalue weighted by atomic mass is 9.83. The van der Waals surface area contributed by atoms with Crippen LogP contribution in [-0.4, -0.2) is 43.3 Å². The Kier molecular flexibility index (Phi) is 9.94. The first-order valence-corrected chi connectivity index (χ1v) is 8.69. The number of carbonyl (C=O) groups is 1. The molecular weight excluding hydrogens is 370 g/mol. The molecule has 0 saturated heterocycles. The van der Waals surface area contributed by atoms with Crippen LogP contribution >= 0.6 is 12.4 Å². The Bertz CT molecular complexity index is 688. The van der Waals surface area contributed by atoms with Crippen LogP contribution < -0.4 is 11.1 Å². The minimum absolute atomic E-state index is 0. The van der Waals surface area contributed by atoms with E-state index in [4.69, 9.17) is 15.8 Å². The molecular formula is C16H26BClN6O3. The molecule has 9 nitrogen and oxygen atoms in total. The maximum Gasteiger partial charge on any atom is 0.451 e. The summed E-state index contributed by atoms with van der Waals surface area (Å²) in [5.74, 6) is 0.238. The van der Waals surface area contributed by atoms with Crippen molar-refractivity contribution >= 4 is 25.4 Å². The lowest BCUT2D eigenvalue weighted by Gasteiger charge is -2.15. The van der Waals surface area contributed by atoms with Gasteiger partial charge in [-0.3, -0.25) is 4.79 Å². The van der Waals surface area contributed by atoms with Crippen LogP contribution in [0.15, 0.2) is 30.3 Å². The highest BCUT2D eigenvalue weighted by atomic mass is 35.5. The third-order valence-corrected chi connectivity index (χ3v) is 4.09. The van der Waals surface area contributed by atoms with E-state index in [0.29, 0.717) is 31.4 Å². The third kappa shape index (κ3) is 7.63. The average molecular weight is 397 g/mol.